The molecule has 21 nitrogen and oxygen atoms in total. The largest absolute Gasteiger partial charge is 0.505 e. The molecule has 9 aromatic rings. The lowest BCUT2D eigenvalue weighted by atomic mass is 10.1. The van der Waals surface area contributed by atoms with Crippen LogP contribution in [-0.2, 0) is 4.79 Å². The van der Waals surface area contributed by atoms with Gasteiger partial charge >= 0.3 is 0 Å². The minimum Gasteiger partial charge on any atom is -0.505 e. The molecule has 103 heavy (non-hydrogen) atoms. The van der Waals surface area contributed by atoms with Gasteiger partial charge in [-0.05, 0) is 166 Å². The van der Waals surface area contributed by atoms with Gasteiger partial charge in [0, 0.05) is 51.8 Å². The standard InChI is InChI=1S/C10H4Cl2N2.C10H8ClN3OS.C10H6ClN3S.C10H8ClN3S.C10H6ClN3.C10H5ClN2O.C7H4Cl2O.C3H2N2/c11-9-3-1-7(2-4-9)10(12)8(5-13)6-14;11-7-3-1-6(2-4-7)8-9(13-5-15)10(12)16-14-8;1-13-9-8(14-15-10(9)12)6-2-4-7(11)5-3-6;11-7-3-1-6(2-4-7)9(13)8(5-12)10(14)15;2*11-9-3-1-7(2-4-9)10(14)8(5-12)6-13;8-6-3-1-5(2-4-6)7(9)10;1-5-3-2-4/h1-4H;1-5H,12H2,(H,13,15);2-5H,12H2;1-4H,13H2,(H2,14,15);1-4H,14H2;1-4,14H;1-4H;3H2/b;;;9-8+;;;;. The van der Waals surface area contributed by atoms with Crippen molar-refractivity contribution >= 4 is 200 Å². The van der Waals surface area contributed by atoms with Gasteiger partial charge in [0.15, 0.2) is 16.9 Å². The number of hydrogen-bond acceptors (Lipinski definition) is 20. The number of anilines is 3. The number of aromatic nitrogens is 2. The number of thiocarbonyl (C=S) groups is 1. The molecule has 0 unspecified atom stereocenters. The van der Waals surface area contributed by atoms with Crippen LogP contribution in [0.1, 0.15) is 32.6 Å². The molecule has 0 aliphatic rings. The third kappa shape index (κ3) is 30.0. The Bertz CT molecular complexity index is 4750. The quantitative estimate of drug-likeness (QED) is 0.00977. The van der Waals surface area contributed by atoms with Crippen molar-refractivity contribution in [1.29, 1.82) is 42.1 Å². The number of nitrogens with zero attached hydrogens (tertiary/aromatic N) is 12. The first-order valence-corrected chi connectivity index (χ1v) is 32.8. The van der Waals surface area contributed by atoms with Gasteiger partial charge in [-0.15, -0.1) is 0 Å². The smallest absolute Gasteiger partial charge is 0.298 e. The number of aliphatic hydroxyl groups excluding tert-OH is 1. The summed E-state index contributed by atoms with van der Waals surface area (Å²) in [6.45, 7) is 13.0. The lowest BCUT2D eigenvalue weighted by Crippen LogP contribution is -2.15. The zero-order valence-corrected chi connectivity index (χ0v) is 61.3. The molecule has 0 fully saturated rings. The van der Waals surface area contributed by atoms with Crippen molar-refractivity contribution in [3.05, 3.63) is 278 Å². The average molecular weight is 1600 g/mol. The normalized spacial score (nSPS) is 9.27. The van der Waals surface area contributed by atoms with E-state index in [0.29, 0.717) is 102 Å². The molecule has 12 N–H and O–H groups in total. The van der Waals surface area contributed by atoms with Crippen LogP contribution in [-0.4, -0.2) is 37.0 Å². The van der Waals surface area contributed by atoms with E-state index in [0.717, 1.165) is 34.2 Å². The van der Waals surface area contributed by atoms with Crippen LogP contribution in [0.4, 0.5) is 21.4 Å². The van der Waals surface area contributed by atoms with E-state index in [1.54, 1.807) is 176 Å². The van der Waals surface area contributed by atoms with E-state index in [1.807, 2.05) is 30.3 Å². The van der Waals surface area contributed by atoms with Crippen molar-refractivity contribution in [2.24, 2.45) is 17.2 Å². The lowest BCUT2D eigenvalue weighted by molar-refractivity contribution is -0.105. The van der Waals surface area contributed by atoms with Crippen LogP contribution in [0.3, 0.4) is 0 Å². The van der Waals surface area contributed by atoms with E-state index in [4.69, 9.17) is 201 Å². The summed E-state index contributed by atoms with van der Waals surface area (Å²) in [5, 5.41) is 84.5. The zero-order chi connectivity index (χ0) is 77.1. The van der Waals surface area contributed by atoms with Crippen LogP contribution in [0.5, 0.6) is 0 Å². The van der Waals surface area contributed by atoms with Crippen molar-refractivity contribution in [2.45, 2.75) is 0 Å². The highest BCUT2D eigenvalue weighted by atomic mass is 35.5. The number of nitriles is 8. The Kier molecular flexibility index (Phi) is 40.2. The molecule has 9 rings (SSSR count). The number of hydrogen-bond donors (Lipinski definition) is 7. The van der Waals surface area contributed by atoms with Gasteiger partial charge in [-0.25, -0.2) is 15.8 Å². The second kappa shape index (κ2) is 47.4. The zero-order valence-electron chi connectivity index (χ0n) is 52.1. The molecule has 1 amide bonds. The Morgan fingerprint density at radius 2 is 0.835 bits per heavy atom. The maximum Gasteiger partial charge on any atom is 0.298 e. The summed E-state index contributed by atoms with van der Waals surface area (Å²) in [6, 6.07) is 60.6. The summed E-state index contributed by atoms with van der Waals surface area (Å²) in [6.07, 6.45) is 0.583. The molecule has 0 aliphatic carbocycles. The minimum absolute atomic E-state index is 0.00931. The van der Waals surface area contributed by atoms with Crippen LogP contribution < -0.4 is 34.0 Å². The van der Waals surface area contributed by atoms with Gasteiger partial charge in [0.25, 0.3) is 11.8 Å². The van der Waals surface area contributed by atoms with Gasteiger partial charge in [0.2, 0.25) is 12.1 Å². The number of nitrogen functional groups attached to an aromatic ring is 2. The summed E-state index contributed by atoms with van der Waals surface area (Å²) in [7, 11) is 0. The Hall–Kier alpha value is -11.7. The molecule has 2 heterocycles. The Balaban J connectivity index is 0.000000405. The minimum atomic E-state index is -0.461. The van der Waals surface area contributed by atoms with Gasteiger partial charge in [-0.3, -0.25) is 9.59 Å². The maximum absolute atomic E-state index is 10.5. The Labute approximate surface area is 649 Å². The number of aliphatic hydroxyl groups is 1. The third-order valence-corrected chi connectivity index (χ3v) is 15.7. The second-order valence-electron chi connectivity index (χ2n) is 18.3. The maximum atomic E-state index is 10.5. The fourth-order valence-corrected chi connectivity index (χ4v) is 9.43. The molecular weight excluding hydrogens is 1560 g/mol. The number of rotatable bonds is 10. The van der Waals surface area contributed by atoms with Gasteiger partial charge in [-0.1, -0.05) is 166 Å². The van der Waals surface area contributed by atoms with Crippen molar-refractivity contribution in [2.75, 3.05) is 23.3 Å². The first-order chi connectivity index (χ1) is 49.2. The van der Waals surface area contributed by atoms with Crippen molar-refractivity contribution in [3.8, 4) is 71.1 Å². The topological polar surface area (TPSA) is 421 Å². The molecule has 0 radical (unpaired) electrons. The summed E-state index contributed by atoms with van der Waals surface area (Å²) in [5.74, 6) is -0.327. The molecule has 0 saturated heterocycles. The first kappa shape index (κ1) is 87.4. The number of allylic oxidation sites excluding steroid dienone is 3. The van der Waals surface area contributed by atoms with Gasteiger partial charge in [0.1, 0.15) is 86.1 Å². The Morgan fingerprint density at radius 3 is 1.17 bits per heavy atom. The van der Waals surface area contributed by atoms with Crippen LogP contribution in [0, 0.1) is 104 Å². The predicted molar refractivity (Wildman–Crippen MR) is 415 cm³/mol. The molecule has 0 saturated carbocycles. The van der Waals surface area contributed by atoms with Crippen molar-refractivity contribution < 1.29 is 14.7 Å². The van der Waals surface area contributed by atoms with Crippen LogP contribution in [0.25, 0.3) is 54.4 Å². The number of amides is 1. The molecule has 0 bridgehead atoms. The third-order valence-electron chi connectivity index (χ3n) is 11.7. The molecule has 7 aromatic carbocycles. The highest BCUT2D eigenvalue weighted by Crippen LogP contribution is 2.38. The van der Waals surface area contributed by atoms with E-state index in [9.17, 15) is 14.7 Å². The number of benzene rings is 7. The van der Waals surface area contributed by atoms with E-state index < -0.39 is 5.24 Å². The van der Waals surface area contributed by atoms with Crippen LogP contribution in [0.2, 0.25) is 35.2 Å². The molecule has 0 spiro atoms. The summed E-state index contributed by atoms with van der Waals surface area (Å²) in [5.41, 5.74) is 34.8. The highest BCUT2D eigenvalue weighted by Gasteiger charge is 2.15. The van der Waals surface area contributed by atoms with Crippen molar-refractivity contribution in [1.82, 2.24) is 8.75 Å². The number of carbonyl (C=O) groups is 2. The van der Waals surface area contributed by atoms with Gasteiger partial charge in [-0.2, -0.15) is 46.5 Å². The van der Waals surface area contributed by atoms with Gasteiger partial charge < -0.3 is 43.9 Å². The first-order valence-electron chi connectivity index (χ1n) is 27.4. The predicted octanol–water partition coefficient (Wildman–Crippen LogP) is 19.2. The summed E-state index contributed by atoms with van der Waals surface area (Å²) < 4.78 is 8.33. The fraction of sp³-hybridized carbons (Fsp3) is 0.0143. The van der Waals surface area contributed by atoms with E-state index in [1.165, 1.54) is 12.1 Å². The number of halogens is 9. The second-order valence-corrected chi connectivity index (χ2v) is 24.1. The molecule has 33 heteroatoms. The Morgan fingerprint density at radius 1 is 0.495 bits per heavy atom. The van der Waals surface area contributed by atoms with E-state index in [-0.39, 0.29) is 56.0 Å². The SMILES string of the molecule is N#C/C(C(N)=S)=C(\N)c1ccc(Cl)cc1.N#CC(C#N)=C(Cl)c1ccc(Cl)cc1.N#CC(C#N)=C(N)c1ccc(Cl)cc1.N#CC(C#N)=C(O)c1ccc(Cl)cc1.Nc1snc(-c2ccc(Cl)cc2)c1NC=O.O=C(Cl)c1ccc(Cl)cc1.[C-]#[N+]CC#N.[C-]#[N+]c1c(-c2ccc(Cl)cc2)nsc1N. The summed E-state index contributed by atoms with van der Waals surface area (Å²) in [4.78, 5) is 27.0. The van der Waals surface area contributed by atoms with Crippen molar-refractivity contribution in [3.63, 3.8) is 0 Å². The highest BCUT2D eigenvalue weighted by molar-refractivity contribution is 7.80. The molecule has 512 valence electrons. The van der Waals surface area contributed by atoms with Crippen LogP contribution >= 0.6 is 140 Å². The molecular formula is C70H43Cl9N18O3S3. The summed E-state index contributed by atoms with van der Waals surface area (Å²) >= 11 is 57.8. The molecule has 0 atom stereocenters. The lowest BCUT2D eigenvalue weighted by Gasteiger charge is -2.04. The number of carbonyl (C=O) groups excluding carboxylic acids is 2. The fourth-order valence-electron chi connectivity index (χ4n) is 6.81. The van der Waals surface area contributed by atoms with E-state index in [2.05, 4.69) is 23.8 Å². The van der Waals surface area contributed by atoms with E-state index >= 15 is 0 Å². The van der Waals surface area contributed by atoms with Crippen LogP contribution in [0.15, 0.2) is 192 Å². The number of nitrogens with one attached hydrogen (secondary N) is 1. The van der Waals surface area contributed by atoms with Gasteiger partial charge in [0.05, 0.1) is 28.7 Å². The average Bonchev–Trinajstić information content (AvgIpc) is 1.68. The number of nitrogens with two attached hydrogens (primary N) is 5. The molecule has 2 aromatic heterocycles. The monoisotopic (exact) mass is 1590 g/mol. The molecule has 0 aliphatic heterocycles.